The van der Waals surface area contributed by atoms with Crippen LogP contribution >= 0.6 is 11.3 Å². The van der Waals surface area contributed by atoms with E-state index in [0.29, 0.717) is 12.6 Å². The van der Waals surface area contributed by atoms with Crippen molar-refractivity contribution in [3.8, 4) is 0 Å². The van der Waals surface area contributed by atoms with Crippen LogP contribution in [0.2, 0.25) is 0 Å². The molecule has 0 bridgehead atoms. The number of carbonyl (C=O) groups excluding carboxylic acids is 1. The molecule has 0 aromatic carbocycles. The minimum absolute atomic E-state index is 0.0303. The van der Waals surface area contributed by atoms with Crippen molar-refractivity contribution in [1.29, 1.82) is 0 Å². The van der Waals surface area contributed by atoms with E-state index in [-0.39, 0.29) is 12.0 Å². The first-order valence-corrected chi connectivity index (χ1v) is 10.8. The van der Waals surface area contributed by atoms with Crippen LogP contribution in [-0.4, -0.2) is 48.2 Å². The normalized spacial score (nSPS) is 20.9. The molecule has 2 aliphatic rings. The second kappa shape index (κ2) is 8.10. The van der Waals surface area contributed by atoms with Gasteiger partial charge in [0, 0.05) is 26.2 Å². The second-order valence-electron chi connectivity index (χ2n) is 7.68. The van der Waals surface area contributed by atoms with Crippen LogP contribution in [0, 0.1) is 6.92 Å². The molecule has 1 aliphatic heterocycles. The number of fused-ring (bicyclic) bond motifs is 1. The number of aryl methyl sites for hydroxylation is 1. The Hall–Kier alpha value is -1.73. The molecule has 2 fully saturated rings. The molecular weight excluding hydrogens is 360 g/mol. The first-order chi connectivity index (χ1) is 13.1. The van der Waals surface area contributed by atoms with Crippen molar-refractivity contribution in [2.75, 3.05) is 25.1 Å². The molecule has 1 aliphatic carbocycles. The van der Waals surface area contributed by atoms with E-state index < -0.39 is 0 Å². The molecule has 1 N–H and O–H groups in total. The van der Waals surface area contributed by atoms with Gasteiger partial charge in [-0.2, -0.15) is 0 Å². The van der Waals surface area contributed by atoms with Gasteiger partial charge in [-0.25, -0.2) is 9.97 Å². The first-order valence-electron chi connectivity index (χ1n) is 10.0. The van der Waals surface area contributed by atoms with Gasteiger partial charge in [-0.3, -0.25) is 4.79 Å². The van der Waals surface area contributed by atoms with Gasteiger partial charge in [0.05, 0.1) is 16.4 Å². The minimum Gasteiger partial charge on any atom is -0.376 e. The van der Waals surface area contributed by atoms with Crippen LogP contribution in [0.1, 0.15) is 60.2 Å². The van der Waals surface area contributed by atoms with Crippen molar-refractivity contribution >= 4 is 33.3 Å². The van der Waals surface area contributed by atoms with Crippen molar-refractivity contribution in [1.82, 2.24) is 15.3 Å². The van der Waals surface area contributed by atoms with E-state index in [2.05, 4.69) is 27.2 Å². The highest BCUT2D eigenvalue weighted by Gasteiger charge is 2.25. The number of anilines is 1. The molecular formula is C20H28N4O2S. The summed E-state index contributed by atoms with van der Waals surface area (Å²) in [7, 11) is 2.13. The van der Waals surface area contributed by atoms with Crippen LogP contribution in [0.25, 0.3) is 10.2 Å². The fourth-order valence-corrected chi connectivity index (χ4v) is 5.33. The molecule has 6 nitrogen and oxygen atoms in total. The van der Waals surface area contributed by atoms with Crippen molar-refractivity contribution in [3.63, 3.8) is 0 Å². The van der Waals surface area contributed by atoms with Gasteiger partial charge in [0.2, 0.25) is 0 Å². The number of thiophene rings is 1. The predicted octanol–water partition coefficient (Wildman–Crippen LogP) is 3.68. The summed E-state index contributed by atoms with van der Waals surface area (Å²) in [6, 6.07) is 0.521. The van der Waals surface area contributed by atoms with Crippen LogP contribution in [0.3, 0.4) is 0 Å². The Morgan fingerprint density at radius 1 is 1.26 bits per heavy atom. The lowest BCUT2D eigenvalue weighted by molar-refractivity contribution is 0.0860. The van der Waals surface area contributed by atoms with Crippen LogP contribution in [0.4, 0.5) is 5.82 Å². The number of hydrogen-bond donors (Lipinski definition) is 1. The SMILES string of the molecule is Cc1c(C(=O)NCC2CCCO2)sc2ncnc(N(C)C3CCCCC3)c12. The summed E-state index contributed by atoms with van der Waals surface area (Å²) in [5.41, 5.74) is 0.984. The Morgan fingerprint density at radius 2 is 2.07 bits per heavy atom. The third-order valence-corrected chi connectivity index (χ3v) is 7.08. The van der Waals surface area contributed by atoms with Crippen LogP contribution in [-0.2, 0) is 4.74 Å². The lowest BCUT2D eigenvalue weighted by Crippen LogP contribution is -2.34. The quantitative estimate of drug-likeness (QED) is 0.846. The lowest BCUT2D eigenvalue weighted by atomic mass is 9.94. The maximum Gasteiger partial charge on any atom is 0.261 e. The predicted molar refractivity (Wildman–Crippen MR) is 109 cm³/mol. The summed E-state index contributed by atoms with van der Waals surface area (Å²) in [6.45, 7) is 3.39. The van der Waals surface area contributed by atoms with Gasteiger partial charge in [0.15, 0.2) is 0 Å². The molecule has 27 heavy (non-hydrogen) atoms. The summed E-state index contributed by atoms with van der Waals surface area (Å²) < 4.78 is 5.61. The highest BCUT2D eigenvalue weighted by atomic mass is 32.1. The summed E-state index contributed by atoms with van der Waals surface area (Å²) >= 11 is 1.46. The number of hydrogen-bond acceptors (Lipinski definition) is 6. The van der Waals surface area contributed by atoms with Crippen molar-refractivity contribution in [2.45, 2.75) is 64.0 Å². The number of amides is 1. The zero-order chi connectivity index (χ0) is 18.8. The largest absolute Gasteiger partial charge is 0.376 e. The molecule has 4 rings (SSSR count). The summed E-state index contributed by atoms with van der Waals surface area (Å²) in [4.78, 5) is 25.7. The van der Waals surface area contributed by atoms with E-state index in [1.54, 1.807) is 6.33 Å². The van der Waals surface area contributed by atoms with Gasteiger partial charge in [-0.15, -0.1) is 11.3 Å². The van der Waals surface area contributed by atoms with E-state index in [0.717, 1.165) is 45.9 Å². The average Bonchev–Trinajstić information content (AvgIpc) is 3.34. The van der Waals surface area contributed by atoms with E-state index >= 15 is 0 Å². The highest BCUT2D eigenvalue weighted by molar-refractivity contribution is 7.20. The zero-order valence-electron chi connectivity index (χ0n) is 16.2. The maximum absolute atomic E-state index is 12.8. The van der Waals surface area contributed by atoms with Gasteiger partial charge >= 0.3 is 0 Å². The molecule has 3 heterocycles. The maximum atomic E-state index is 12.8. The zero-order valence-corrected chi connectivity index (χ0v) is 17.0. The van der Waals surface area contributed by atoms with Crippen molar-refractivity contribution in [3.05, 3.63) is 16.8 Å². The van der Waals surface area contributed by atoms with Crippen molar-refractivity contribution in [2.24, 2.45) is 0 Å². The molecule has 1 atom stereocenters. The summed E-state index contributed by atoms with van der Waals surface area (Å²) in [5.74, 6) is 0.927. The van der Waals surface area contributed by atoms with E-state index in [9.17, 15) is 4.79 Å². The van der Waals surface area contributed by atoms with Gasteiger partial charge in [0.1, 0.15) is 17.0 Å². The third kappa shape index (κ3) is 3.80. The second-order valence-corrected chi connectivity index (χ2v) is 8.68. The number of ether oxygens (including phenoxy) is 1. The monoisotopic (exact) mass is 388 g/mol. The third-order valence-electron chi connectivity index (χ3n) is 5.88. The summed E-state index contributed by atoms with van der Waals surface area (Å²) in [5, 5.41) is 4.07. The molecule has 0 radical (unpaired) electrons. The fraction of sp³-hybridized carbons (Fsp3) is 0.650. The molecule has 1 saturated heterocycles. The van der Waals surface area contributed by atoms with Crippen LogP contribution < -0.4 is 10.2 Å². The van der Waals surface area contributed by atoms with Gasteiger partial charge in [0.25, 0.3) is 5.91 Å². The van der Waals surface area contributed by atoms with E-state index in [1.807, 2.05) is 6.92 Å². The standard InChI is InChI=1S/C20H28N4O2S/c1-13-16-18(24(2)14-7-4-3-5-8-14)22-12-23-20(16)27-17(13)19(25)21-11-15-9-6-10-26-15/h12,14-15H,3-11H2,1-2H3,(H,21,25). The molecule has 1 unspecified atom stereocenters. The molecule has 146 valence electrons. The molecule has 0 spiro atoms. The highest BCUT2D eigenvalue weighted by Crippen LogP contribution is 2.36. The van der Waals surface area contributed by atoms with Gasteiger partial charge in [-0.1, -0.05) is 19.3 Å². The number of rotatable bonds is 5. The molecule has 1 amide bonds. The Kier molecular flexibility index (Phi) is 5.59. The number of aromatic nitrogens is 2. The lowest BCUT2D eigenvalue weighted by Gasteiger charge is -2.32. The van der Waals surface area contributed by atoms with Crippen LogP contribution in [0.15, 0.2) is 6.33 Å². The smallest absolute Gasteiger partial charge is 0.261 e. The van der Waals surface area contributed by atoms with E-state index in [4.69, 9.17) is 4.74 Å². The molecule has 7 heteroatoms. The Bertz CT molecular complexity index is 810. The molecule has 1 saturated carbocycles. The number of carbonyl (C=O) groups is 1. The Labute approximate surface area is 164 Å². The average molecular weight is 389 g/mol. The Balaban J connectivity index is 1.58. The first kappa shape index (κ1) is 18.6. The Morgan fingerprint density at radius 3 is 2.81 bits per heavy atom. The summed E-state index contributed by atoms with van der Waals surface area (Å²) in [6.07, 6.45) is 10.2. The fourth-order valence-electron chi connectivity index (χ4n) is 4.27. The van der Waals surface area contributed by atoms with E-state index in [1.165, 1.54) is 43.4 Å². The van der Waals surface area contributed by atoms with Gasteiger partial charge in [-0.05, 0) is 38.2 Å². The topological polar surface area (TPSA) is 67.3 Å². The van der Waals surface area contributed by atoms with Gasteiger partial charge < -0.3 is 15.0 Å². The minimum atomic E-state index is -0.0303. The van der Waals surface area contributed by atoms with Crippen LogP contribution in [0.5, 0.6) is 0 Å². The van der Waals surface area contributed by atoms with Crippen molar-refractivity contribution < 1.29 is 9.53 Å². The molecule has 2 aromatic heterocycles. The number of nitrogens with one attached hydrogen (secondary N) is 1. The number of nitrogens with zero attached hydrogens (tertiary/aromatic N) is 3. The molecule has 2 aromatic rings.